The van der Waals surface area contributed by atoms with Gasteiger partial charge in [-0.1, -0.05) is 18.2 Å². The summed E-state index contributed by atoms with van der Waals surface area (Å²) in [7, 11) is 0. The van der Waals surface area contributed by atoms with Gasteiger partial charge in [0.25, 0.3) is 0 Å². The molecule has 102 valence electrons. The van der Waals surface area contributed by atoms with Gasteiger partial charge in [0.2, 0.25) is 5.91 Å². The lowest BCUT2D eigenvalue weighted by Crippen LogP contribution is -2.59. The second-order valence-corrected chi connectivity index (χ2v) is 5.38. The number of rotatable bonds is 4. The van der Waals surface area contributed by atoms with Gasteiger partial charge in [-0.3, -0.25) is 4.79 Å². The van der Waals surface area contributed by atoms with Gasteiger partial charge in [0.15, 0.2) is 0 Å². The molecule has 0 aromatic heterocycles. The van der Waals surface area contributed by atoms with Crippen LogP contribution in [0.5, 0.6) is 0 Å². The van der Waals surface area contributed by atoms with Crippen molar-refractivity contribution in [1.82, 2.24) is 5.32 Å². The number of carboxylic acids is 1. The van der Waals surface area contributed by atoms with Gasteiger partial charge in [0.1, 0.15) is 5.54 Å². The first-order valence-electron chi connectivity index (χ1n) is 6.53. The molecule has 4 heteroatoms. The zero-order valence-electron chi connectivity index (χ0n) is 11.3. The third-order valence-electron chi connectivity index (χ3n) is 3.93. The topological polar surface area (TPSA) is 66.4 Å². The molecule has 4 nitrogen and oxygen atoms in total. The number of hydrogen-bond acceptors (Lipinski definition) is 2. The number of nitrogens with one attached hydrogen (secondary N) is 1. The molecule has 0 atom stereocenters. The fourth-order valence-electron chi connectivity index (χ4n) is 2.33. The first kappa shape index (κ1) is 13.6. The summed E-state index contributed by atoms with van der Waals surface area (Å²) in [5.74, 6) is -1.14. The highest BCUT2D eigenvalue weighted by Crippen LogP contribution is 2.32. The fraction of sp³-hybridized carbons (Fsp3) is 0.467. The highest BCUT2D eigenvalue weighted by molar-refractivity contribution is 5.88. The van der Waals surface area contributed by atoms with Crippen molar-refractivity contribution >= 4 is 11.9 Å². The van der Waals surface area contributed by atoms with Crippen LogP contribution < -0.4 is 5.32 Å². The molecule has 0 aliphatic heterocycles. The molecule has 2 rings (SSSR count). The third-order valence-corrected chi connectivity index (χ3v) is 3.93. The monoisotopic (exact) mass is 261 g/mol. The maximum atomic E-state index is 11.9. The van der Waals surface area contributed by atoms with E-state index in [1.807, 2.05) is 32.0 Å². The predicted molar refractivity (Wildman–Crippen MR) is 72.0 cm³/mol. The van der Waals surface area contributed by atoms with Crippen LogP contribution in [0.4, 0.5) is 0 Å². The van der Waals surface area contributed by atoms with Crippen LogP contribution in [0, 0.1) is 13.8 Å². The van der Waals surface area contributed by atoms with Gasteiger partial charge in [-0.05, 0) is 49.8 Å². The second kappa shape index (κ2) is 5.03. The van der Waals surface area contributed by atoms with E-state index in [0.29, 0.717) is 12.8 Å². The molecule has 1 aliphatic carbocycles. The quantitative estimate of drug-likeness (QED) is 0.870. The summed E-state index contributed by atoms with van der Waals surface area (Å²) in [5.41, 5.74) is 2.23. The molecule has 2 N–H and O–H groups in total. The first-order valence-corrected chi connectivity index (χ1v) is 6.53. The van der Waals surface area contributed by atoms with Crippen molar-refractivity contribution in [3.63, 3.8) is 0 Å². The summed E-state index contributed by atoms with van der Waals surface area (Å²) in [6.07, 6.45) is 2.15. The Balaban J connectivity index is 2.01. The van der Waals surface area contributed by atoms with Crippen LogP contribution in [0.3, 0.4) is 0 Å². The standard InChI is InChI=1S/C15H19NO3/c1-10-4-5-12(8-11(10)2)9-13(17)16-15(14(18)19)6-3-7-15/h4-5,8H,3,6-7,9H2,1-2H3,(H,16,17)(H,18,19). The molecule has 1 saturated carbocycles. The van der Waals surface area contributed by atoms with E-state index in [0.717, 1.165) is 17.5 Å². The van der Waals surface area contributed by atoms with E-state index in [-0.39, 0.29) is 12.3 Å². The van der Waals surface area contributed by atoms with Crippen LogP contribution in [-0.4, -0.2) is 22.5 Å². The Hall–Kier alpha value is -1.84. The SMILES string of the molecule is Cc1ccc(CC(=O)NC2(C(=O)O)CCC2)cc1C. The molecule has 0 spiro atoms. The van der Waals surface area contributed by atoms with Gasteiger partial charge in [0.05, 0.1) is 6.42 Å². The number of aryl methyl sites for hydroxylation is 2. The number of carbonyl (C=O) groups excluding carboxylic acids is 1. The number of carboxylic acid groups (broad SMARTS) is 1. The van der Waals surface area contributed by atoms with Crippen LogP contribution in [0.15, 0.2) is 18.2 Å². The van der Waals surface area contributed by atoms with E-state index in [2.05, 4.69) is 5.32 Å². The highest BCUT2D eigenvalue weighted by atomic mass is 16.4. The van der Waals surface area contributed by atoms with Crippen molar-refractivity contribution in [1.29, 1.82) is 0 Å². The Morgan fingerprint density at radius 3 is 2.42 bits per heavy atom. The molecular formula is C15H19NO3. The van der Waals surface area contributed by atoms with Gasteiger partial charge in [0, 0.05) is 0 Å². The van der Waals surface area contributed by atoms with E-state index < -0.39 is 11.5 Å². The zero-order valence-corrected chi connectivity index (χ0v) is 11.3. The maximum Gasteiger partial charge on any atom is 0.329 e. The largest absolute Gasteiger partial charge is 0.480 e. The van der Waals surface area contributed by atoms with Gasteiger partial charge in [-0.15, -0.1) is 0 Å². The summed E-state index contributed by atoms with van der Waals surface area (Å²) in [4.78, 5) is 23.1. The Bertz CT molecular complexity index is 518. The fourth-order valence-corrected chi connectivity index (χ4v) is 2.33. The van der Waals surface area contributed by atoms with Gasteiger partial charge in [-0.25, -0.2) is 4.79 Å². The van der Waals surface area contributed by atoms with E-state index in [4.69, 9.17) is 5.11 Å². The van der Waals surface area contributed by atoms with E-state index >= 15 is 0 Å². The minimum Gasteiger partial charge on any atom is -0.480 e. The predicted octanol–water partition coefficient (Wildman–Crippen LogP) is 1.97. The first-order chi connectivity index (χ1) is 8.93. The van der Waals surface area contributed by atoms with Crippen LogP contribution in [0.25, 0.3) is 0 Å². The van der Waals surface area contributed by atoms with Crippen molar-refractivity contribution in [2.45, 2.75) is 45.1 Å². The molecule has 0 heterocycles. The smallest absolute Gasteiger partial charge is 0.329 e. The van der Waals surface area contributed by atoms with Crippen LogP contribution in [0.2, 0.25) is 0 Å². The molecule has 1 aromatic rings. The minimum atomic E-state index is -1.02. The molecule has 1 aliphatic rings. The molecular weight excluding hydrogens is 242 g/mol. The lowest BCUT2D eigenvalue weighted by Gasteiger charge is -2.38. The molecule has 1 fully saturated rings. The van der Waals surface area contributed by atoms with Crippen molar-refractivity contribution < 1.29 is 14.7 Å². The Labute approximate surface area is 112 Å². The molecule has 1 amide bonds. The van der Waals surface area contributed by atoms with Gasteiger partial charge in [-0.2, -0.15) is 0 Å². The summed E-state index contributed by atoms with van der Waals surface area (Å²) in [5, 5.41) is 11.8. The number of hydrogen-bond donors (Lipinski definition) is 2. The molecule has 1 aromatic carbocycles. The number of benzene rings is 1. The highest BCUT2D eigenvalue weighted by Gasteiger charge is 2.45. The molecule has 0 bridgehead atoms. The lowest BCUT2D eigenvalue weighted by atomic mass is 9.76. The molecule has 0 unspecified atom stereocenters. The Kier molecular flexibility index (Phi) is 3.60. The second-order valence-electron chi connectivity index (χ2n) is 5.38. The van der Waals surface area contributed by atoms with Crippen LogP contribution in [-0.2, 0) is 16.0 Å². The van der Waals surface area contributed by atoms with Crippen molar-refractivity contribution in [2.24, 2.45) is 0 Å². The summed E-state index contributed by atoms with van der Waals surface area (Å²) in [6.45, 7) is 4.02. The number of aliphatic carboxylic acids is 1. The zero-order chi connectivity index (χ0) is 14.0. The minimum absolute atomic E-state index is 0.217. The van der Waals surface area contributed by atoms with Gasteiger partial charge >= 0.3 is 5.97 Å². The number of carbonyl (C=O) groups is 2. The van der Waals surface area contributed by atoms with E-state index in [9.17, 15) is 9.59 Å². The summed E-state index contributed by atoms with van der Waals surface area (Å²) >= 11 is 0. The average molecular weight is 261 g/mol. The summed E-state index contributed by atoms with van der Waals surface area (Å²) in [6, 6.07) is 5.87. The van der Waals surface area contributed by atoms with Crippen molar-refractivity contribution in [3.05, 3.63) is 34.9 Å². The van der Waals surface area contributed by atoms with Crippen LogP contribution in [0.1, 0.15) is 36.0 Å². The van der Waals surface area contributed by atoms with E-state index in [1.54, 1.807) is 0 Å². The Morgan fingerprint density at radius 2 is 1.95 bits per heavy atom. The third kappa shape index (κ3) is 2.78. The summed E-state index contributed by atoms with van der Waals surface area (Å²) < 4.78 is 0. The Morgan fingerprint density at radius 1 is 1.26 bits per heavy atom. The maximum absolute atomic E-state index is 11.9. The van der Waals surface area contributed by atoms with Crippen LogP contribution >= 0.6 is 0 Å². The van der Waals surface area contributed by atoms with Crippen molar-refractivity contribution in [2.75, 3.05) is 0 Å². The molecule has 19 heavy (non-hydrogen) atoms. The van der Waals surface area contributed by atoms with E-state index in [1.165, 1.54) is 5.56 Å². The van der Waals surface area contributed by atoms with Gasteiger partial charge < -0.3 is 10.4 Å². The molecule has 0 saturated heterocycles. The normalized spacial score (nSPS) is 16.5. The number of amides is 1. The molecule has 0 radical (unpaired) electrons. The lowest BCUT2D eigenvalue weighted by molar-refractivity contribution is -0.151. The average Bonchev–Trinajstić information content (AvgIpc) is 2.28. The van der Waals surface area contributed by atoms with Crippen molar-refractivity contribution in [3.8, 4) is 0 Å².